The third-order valence-corrected chi connectivity index (χ3v) is 4.66. The van der Waals surface area contributed by atoms with Crippen molar-refractivity contribution in [3.05, 3.63) is 53.4 Å². The van der Waals surface area contributed by atoms with Crippen LogP contribution in [0.25, 0.3) is 6.08 Å². The number of ketones is 1. The summed E-state index contributed by atoms with van der Waals surface area (Å²) < 4.78 is 12.8. The van der Waals surface area contributed by atoms with Crippen LogP contribution in [-0.2, 0) is 4.79 Å². The molecule has 0 aromatic heterocycles. The molecule has 3 aliphatic carbocycles. The van der Waals surface area contributed by atoms with Crippen molar-refractivity contribution >= 4 is 11.9 Å². The molecule has 0 spiro atoms. The van der Waals surface area contributed by atoms with E-state index in [9.17, 15) is 9.18 Å². The minimum Gasteiger partial charge on any atom is -0.295 e. The van der Waals surface area contributed by atoms with Gasteiger partial charge in [-0.05, 0) is 47.1 Å². The summed E-state index contributed by atoms with van der Waals surface area (Å²) in [7, 11) is 0. The van der Waals surface area contributed by atoms with E-state index in [4.69, 9.17) is 0 Å². The Hall–Kier alpha value is -1.70. The summed E-state index contributed by atoms with van der Waals surface area (Å²) in [5, 5.41) is 0. The number of fused-ring (bicyclic) bond motifs is 1. The monoisotopic (exact) mass is 256 g/mol. The predicted octanol–water partition coefficient (Wildman–Crippen LogP) is 4.01. The molecule has 2 bridgehead atoms. The van der Waals surface area contributed by atoms with Crippen molar-refractivity contribution in [3.8, 4) is 0 Å². The third kappa shape index (κ3) is 1.95. The maximum absolute atomic E-state index is 12.8. The van der Waals surface area contributed by atoms with E-state index >= 15 is 0 Å². The number of halogens is 1. The zero-order chi connectivity index (χ0) is 13.6. The van der Waals surface area contributed by atoms with Gasteiger partial charge in [0.25, 0.3) is 0 Å². The molecule has 1 fully saturated rings. The molecule has 2 unspecified atom stereocenters. The Morgan fingerprint density at radius 3 is 2.42 bits per heavy atom. The van der Waals surface area contributed by atoms with Crippen molar-refractivity contribution in [2.75, 3.05) is 0 Å². The van der Waals surface area contributed by atoms with Crippen molar-refractivity contribution in [2.45, 2.75) is 20.3 Å². The van der Waals surface area contributed by atoms with Crippen molar-refractivity contribution in [1.29, 1.82) is 0 Å². The summed E-state index contributed by atoms with van der Waals surface area (Å²) in [4.78, 5) is 12.0. The van der Waals surface area contributed by atoms with Gasteiger partial charge >= 0.3 is 0 Å². The number of hydrogen-bond acceptors (Lipinski definition) is 1. The molecule has 0 radical (unpaired) electrons. The lowest BCUT2D eigenvalue weighted by atomic mass is 9.48. The van der Waals surface area contributed by atoms with Crippen LogP contribution in [0.15, 0.2) is 42.0 Å². The van der Waals surface area contributed by atoms with Crippen molar-refractivity contribution < 1.29 is 9.18 Å². The molecule has 0 amide bonds. The van der Waals surface area contributed by atoms with E-state index in [2.05, 4.69) is 13.8 Å². The fraction of sp³-hybridized carbons (Fsp3) is 0.353. The molecule has 0 N–H and O–H groups in total. The lowest BCUT2D eigenvalue weighted by Gasteiger charge is -2.54. The number of allylic oxidation sites excluding steroid dienone is 3. The maximum atomic E-state index is 12.8. The number of rotatable bonds is 2. The van der Waals surface area contributed by atoms with E-state index in [1.807, 2.05) is 12.2 Å². The summed E-state index contributed by atoms with van der Waals surface area (Å²) in [6.45, 7) is 4.34. The first-order valence-corrected chi connectivity index (χ1v) is 6.67. The Labute approximate surface area is 112 Å². The van der Waals surface area contributed by atoms with Crippen LogP contribution >= 0.6 is 0 Å². The molecule has 0 saturated heterocycles. The first kappa shape index (κ1) is 12.3. The Balaban J connectivity index is 1.84. The number of carbonyl (C=O) groups is 1. The predicted molar refractivity (Wildman–Crippen MR) is 73.9 cm³/mol. The van der Waals surface area contributed by atoms with Gasteiger partial charge in [-0.3, -0.25) is 4.79 Å². The molecule has 1 nitrogen and oxygen atoms in total. The molecule has 1 saturated carbocycles. The molecule has 98 valence electrons. The van der Waals surface area contributed by atoms with Crippen LogP contribution in [0.5, 0.6) is 0 Å². The average molecular weight is 256 g/mol. The van der Waals surface area contributed by atoms with Gasteiger partial charge < -0.3 is 0 Å². The van der Waals surface area contributed by atoms with E-state index in [1.165, 1.54) is 12.1 Å². The van der Waals surface area contributed by atoms with Crippen LogP contribution in [0.4, 0.5) is 4.39 Å². The molecule has 2 heteroatoms. The number of benzene rings is 1. The number of carbonyl (C=O) groups excluding carboxylic acids is 1. The lowest BCUT2D eigenvalue weighted by Crippen LogP contribution is -2.52. The standard InChI is InChI=1S/C17H17FO/c1-17(2)14-10-15(17)16(19)9-12(14)6-3-11-4-7-13(18)8-5-11/h3-9,14-15H,10H2,1-2H3. The molecular formula is C17H17FO. The highest BCUT2D eigenvalue weighted by atomic mass is 19.1. The minimum absolute atomic E-state index is 0.0916. The van der Waals surface area contributed by atoms with E-state index in [-0.39, 0.29) is 22.9 Å². The maximum Gasteiger partial charge on any atom is 0.159 e. The fourth-order valence-electron chi connectivity index (χ4n) is 3.27. The van der Waals surface area contributed by atoms with Crippen molar-refractivity contribution in [2.24, 2.45) is 17.3 Å². The second kappa shape index (κ2) is 4.16. The van der Waals surface area contributed by atoms with Gasteiger partial charge in [0.1, 0.15) is 5.82 Å². The second-order valence-electron chi connectivity index (χ2n) is 6.09. The van der Waals surface area contributed by atoms with Crippen LogP contribution in [0.2, 0.25) is 0 Å². The lowest BCUT2D eigenvalue weighted by molar-refractivity contribution is -0.133. The second-order valence-corrected chi connectivity index (χ2v) is 6.09. The molecule has 1 aromatic carbocycles. The quantitative estimate of drug-likeness (QED) is 0.781. The molecule has 0 heterocycles. The Morgan fingerprint density at radius 1 is 1.16 bits per heavy atom. The topological polar surface area (TPSA) is 17.1 Å². The summed E-state index contributed by atoms with van der Waals surface area (Å²) >= 11 is 0. The fourth-order valence-corrected chi connectivity index (χ4v) is 3.27. The van der Waals surface area contributed by atoms with Crippen LogP contribution in [0.3, 0.4) is 0 Å². The van der Waals surface area contributed by atoms with E-state index in [0.29, 0.717) is 5.92 Å². The summed E-state index contributed by atoms with van der Waals surface area (Å²) in [6.07, 6.45) is 6.72. The summed E-state index contributed by atoms with van der Waals surface area (Å²) in [6, 6.07) is 6.38. The highest BCUT2D eigenvalue weighted by molar-refractivity contribution is 5.96. The molecule has 19 heavy (non-hydrogen) atoms. The summed E-state index contributed by atoms with van der Waals surface area (Å²) in [5.41, 5.74) is 2.16. The van der Waals surface area contributed by atoms with E-state index in [0.717, 1.165) is 17.6 Å². The molecule has 4 rings (SSSR count). The molecular weight excluding hydrogens is 239 g/mol. The average Bonchev–Trinajstić information content (AvgIpc) is 2.37. The highest BCUT2D eigenvalue weighted by Crippen LogP contribution is 2.58. The normalized spacial score (nSPS) is 28.2. The van der Waals surface area contributed by atoms with E-state index in [1.54, 1.807) is 18.2 Å². The van der Waals surface area contributed by atoms with Crippen molar-refractivity contribution in [1.82, 2.24) is 0 Å². The Bertz CT molecular complexity index is 578. The van der Waals surface area contributed by atoms with Gasteiger partial charge in [-0.2, -0.15) is 0 Å². The third-order valence-electron chi connectivity index (χ3n) is 4.66. The Kier molecular flexibility index (Phi) is 2.70. The molecule has 2 atom stereocenters. The molecule has 0 aliphatic heterocycles. The van der Waals surface area contributed by atoms with Crippen LogP contribution in [0.1, 0.15) is 25.8 Å². The zero-order valence-corrected chi connectivity index (χ0v) is 11.2. The van der Waals surface area contributed by atoms with Crippen molar-refractivity contribution in [3.63, 3.8) is 0 Å². The first-order chi connectivity index (χ1) is 8.98. The van der Waals surface area contributed by atoms with Gasteiger partial charge in [0, 0.05) is 5.92 Å². The van der Waals surface area contributed by atoms with Crippen LogP contribution in [-0.4, -0.2) is 5.78 Å². The largest absolute Gasteiger partial charge is 0.295 e. The minimum atomic E-state index is -0.229. The SMILES string of the molecule is CC1(C)C2CC1C(C=Cc1ccc(F)cc1)=CC2=O. The van der Waals surface area contributed by atoms with Crippen LogP contribution in [0, 0.1) is 23.1 Å². The van der Waals surface area contributed by atoms with Gasteiger partial charge in [-0.1, -0.05) is 38.1 Å². The van der Waals surface area contributed by atoms with Gasteiger partial charge in [-0.25, -0.2) is 4.39 Å². The highest BCUT2D eigenvalue weighted by Gasteiger charge is 2.54. The van der Waals surface area contributed by atoms with Gasteiger partial charge in [0.05, 0.1) is 0 Å². The Morgan fingerprint density at radius 2 is 1.84 bits per heavy atom. The van der Waals surface area contributed by atoms with Gasteiger partial charge in [-0.15, -0.1) is 0 Å². The smallest absolute Gasteiger partial charge is 0.159 e. The van der Waals surface area contributed by atoms with Gasteiger partial charge in [0.15, 0.2) is 5.78 Å². The van der Waals surface area contributed by atoms with Crippen LogP contribution < -0.4 is 0 Å². The first-order valence-electron chi connectivity index (χ1n) is 6.67. The zero-order valence-electron chi connectivity index (χ0n) is 11.2. The van der Waals surface area contributed by atoms with Gasteiger partial charge in [0.2, 0.25) is 0 Å². The van der Waals surface area contributed by atoms with E-state index < -0.39 is 0 Å². The number of hydrogen-bond donors (Lipinski definition) is 0. The summed E-state index contributed by atoms with van der Waals surface area (Å²) in [5.74, 6) is 0.714. The molecule has 3 aliphatic rings. The molecule has 1 aromatic rings.